The number of amides is 1. The Kier molecular flexibility index (Phi) is 5.61. The molecule has 0 fully saturated rings. The molecule has 0 radical (unpaired) electrons. The van der Waals surface area contributed by atoms with Crippen LogP contribution in [0.5, 0.6) is 0 Å². The van der Waals surface area contributed by atoms with Gasteiger partial charge < -0.3 is 16.2 Å². The fourth-order valence-electron chi connectivity index (χ4n) is 1.58. The summed E-state index contributed by atoms with van der Waals surface area (Å²) in [6, 6.07) is -0.900. The predicted octanol–water partition coefficient (Wildman–Crippen LogP) is 0.833. The summed E-state index contributed by atoms with van der Waals surface area (Å²) in [6.07, 6.45) is 0. The predicted molar refractivity (Wildman–Crippen MR) is 66.4 cm³/mol. The molecule has 0 bridgehead atoms. The van der Waals surface area contributed by atoms with Gasteiger partial charge in [0.25, 0.3) is 0 Å². The maximum Gasteiger partial charge on any atom is 0.326 e. The number of carboxylic acid groups (broad SMARTS) is 1. The number of hydrogen-bond acceptors (Lipinski definition) is 3. The summed E-state index contributed by atoms with van der Waals surface area (Å²) in [6.45, 7) is 9.34. The first kappa shape index (κ1) is 15.9. The van der Waals surface area contributed by atoms with Gasteiger partial charge in [-0.2, -0.15) is 0 Å². The van der Waals surface area contributed by atoms with E-state index in [4.69, 9.17) is 10.8 Å². The molecule has 0 aromatic rings. The van der Waals surface area contributed by atoms with Gasteiger partial charge >= 0.3 is 5.97 Å². The van der Waals surface area contributed by atoms with E-state index in [2.05, 4.69) is 5.32 Å². The topological polar surface area (TPSA) is 92.4 Å². The van der Waals surface area contributed by atoms with Crippen LogP contribution in [-0.4, -0.2) is 29.6 Å². The number of nitrogens with two attached hydrogens (primary N) is 1. The minimum atomic E-state index is -1.02. The molecule has 0 heterocycles. The van der Waals surface area contributed by atoms with Crippen molar-refractivity contribution in [1.29, 1.82) is 0 Å². The summed E-state index contributed by atoms with van der Waals surface area (Å²) in [5.41, 5.74) is 5.00. The van der Waals surface area contributed by atoms with Crippen molar-refractivity contribution in [2.75, 3.05) is 6.54 Å². The second kappa shape index (κ2) is 6.00. The van der Waals surface area contributed by atoms with Crippen molar-refractivity contribution in [2.45, 2.75) is 40.7 Å². The number of carboxylic acids is 1. The first-order chi connectivity index (χ1) is 7.61. The normalized spacial score (nSPS) is 15.5. The molecule has 5 nitrogen and oxygen atoms in total. The molecule has 0 rings (SSSR count). The monoisotopic (exact) mass is 244 g/mol. The van der Waals surface area contributed by atoms with Gasteiger partial charge in [-0.15, -0.1) is 0 Å². The fourth-order valence-corrected chi connectivity index (χ4v) is 1.58. The minimum absolute atomic E-state index is 0.0920. The summed E-state index contributed by atoms with van der Waals surface area (Å²) in [7, 11) is 0. The molecule has 5 heteroatoms. The van der Waals surface area contributed by atoms with E-state index in [1.54, 1.807) is 20.8 Å². The third-order valence-corrected chi connectivity index (χ3v) is 2.80. The van der Waals surface area contributed by atoms with Crippen molar-refractivity contribution < 1.29 is 14.7 Å². The molecular formula is C12H24N2O3. The average molecular weight is 244 g/mol. The van der Waals surface area contributed by atoms with Gasteiger partial charge in [-0.05, 0) is 11.3 Å². The van der Waals surface area contributed by atoms with Crippen molar-refractivity contribution in [3.63, 3.8) is 0 Å². The van der Waals surface area contributed by atoms with Gasteiger partial charge in [-0.1, -0.05) is 34.6 Å². The maximum atomic E-state index is 11.9. The molecular weight excluding hydrogens is 220 g/mol. The Labute approximate surface area is 103 Å². The summed E-state index contributed by atoms with van der Waals surface area (Å²) >= 11 is 0. The van der Waals surface area contributed by atoms with Crippen LogP contribution in [0.1, 0.15) is 34.6 Å². The number of carbonyl (C=O) groups is 2. The van der Waals surface area contributed by atoms with Crippen LogP contribution in [0, 0.1) is 17.3 Å². The molecule has 2 unspecified atom stereocenters. The molecule has 1 amide bonds. The molecule has 0 aliphatic carbocycles. The first-order valence-corrected chi connectivity index (χ1v) is 5.84. The highest BCUT2D eigenvalue weighted by atomic mass is 16.4. The number of nitrogens with one attached hydrogen (secondary N) is 1. The highest BCUT2D eigenvalue weighted by Gasteiger charge is 2.34. The van der Waals surface area contributed by atoms with Crippen LogP contribution in [0.3, 0.4) is 0 Å². The summed E-state index contributed by atoms with van der Waals surface area (Å²) in [5.74, 6) is -1.57. The van der Waals surface area contributed by atoms with E-state index in [1.165, 1.54) is 0 Å². The standard InChI is InChI=1S/C12H24N2O3/c1-7(2)8(6-13)10(15)14-9(11(16)17)12(3,4)5/h7-9H,6,13H2,1-5H3,(H,14,15)(H,16,17). The molecule has 2 atom stereocenters. The van der Waals surface area contributed by atoms with Crippen molar-refractivity contribution in [1.82, 2.24) is 5.32 Å². The summed E-state index contributed by atoms with van der Waals surface area (Å²) in [4.78, 5) is 23.0. The Morgan fingerprint density at radius 3 is 2.00 bits per heavy atom. The Balaban J connectivity index is 4.79. The zero-order chi connectivity index (χ0) is 13.8. The fraction of sp³-hybridized carbons (Fsp3) is 0.833. The van der Waals surface area contributed by atoms with Crippen LogP contribution >= 0.6 is 0 Å². The lowest BCUT2D eigenvalue weighted by atomic mass is 9.85. The molecule has 0 saturated heterocycles. The van der Waals surface area contributed by atoms with Gasteiger partial charge in [0.05, 0.1) is 5.92 Å². The number of aliphatic carboxylic acids is 1. The van der Waals surface area contributed by atoms with Crippen LogP contribution in [0.15, 0.2) is 0 Å². The van der Waals surface area contributed by atoms with Gasteiger partial charge in [0.2, 0.25) is 5.91 Å². The van der Waals surface area contributed by atoms with Crippen molar-refractivity contribution in [3.05, 3.63) is 0 Å². The third-order valence-electron chi connectivity index (χ3n) is 2.80. The smallest absolute Gasteiger partial charge is 0.326 e. The number of rotatable bonds is 5. The molecule has 0 aromatic heterocycles. The second-order valence-electron chi connectivity index (χ2n) is 5.73. The average Bonchev–Trinajstić information content (AvgIpc) is 2.12. The van der Waals surface area contributed by atoms with Gasteiger partial charge in [0.15, 0.2) is 0 Å². The van der Waals surface area contributed by atoms with E-state index in [-0.39, 0.29) is 24.3 Å². The lowest BCUT2D eigenvalue weighted by Crippen LogP contribution is -2.52. The molecule has 100 valence electrons. The van der Waals surface area contributed by atoms with Crippen LogP contribution in [-0.2, 0) is 9.59 Å². The maximum absolute atomic E-state index is 11.9. The van der Waals surface area contributed by atoms with Crippen LogP contribution in [0.2, 0.25) is 0 Å². The van der Waals surface area contributed by atoms with Crippen LogP contribution in [0.25, 0.3) is 0 Å². The first-order valence-electron chi connectivity index (χ1n) is 5.84. The van der Waals surface area contributed by atoms with Crippen molar-refractivity contribution in [3.8, 4) is 0 Å². The Bertz CT molecular complexity index is 282. The third kappa shape index (κ3) is 4.73. The second-order valence-corrected chi connectivity index (χ2v) is 5.73. The van der Waals surface area contributed by atoms with E-state index in [0.717, 1.165) is 0 Å². The zero-order valence-corrected chi connectivity index (χ0v) is 11.3. The van der Waals surface area contributed by atoms with Gasteiger partial charge in [-0.3, -0.25) is 4.79 Å². The van der Waals surface area contributed by atoms with Crippen molar-refractivity contribution >= 4 is 11.9 Å². The SMILES string of the molecule is CC(C)C(CN)C(=O)NC(C(=O)O)C(C)(C)C. The van der Waals surface area contributed by atoms with Gasteiger partial charge in [0, 0.05) is 6.54 Å². The summed E-state index contributed by atoms with van der Waals surface area (Å²) in [5, 5.41) is 11.7. The molecule has 4 N–H and O–H groups in total. The van der Waals surface area contributed by atoms with Gasteiger partial charge in [-0.25, -0.2) is 4.79 Å². The highest BCUT2D eigenvalue weighted by Crippen LogP contribution is 2.20. The lowest BCUT2D eigenvalue weighted by Gasteiger charge is -2.30. The Hall–Kier alpha value is -1.10. The van der Waals surface area contributed by atoms with E-state index < -0.39 is 17.4 Å². The van der Waals surface area contributed by atoms with E-state index in [9.17, 15) is 9.59 Å². The quantitative estimate of drug-likeness (QED) is 0.668. The largest absolute Gasteiger partial charge is 0.480 e. The van der Waals surface area contributed by atoms with Gasteiger partial charge in [0.1, 0.15) is 6.04 Å². The van der Waals surface area contributed by atoms with E-state index in [0.29, 0.717) is 0 Å². The minimum Gasteiger partial charge on any atom is -0.480 e. The van der Waals surface area contributed by atoms with E-state index in [1.807, 2.05) is 13.8 Å². The molecule has 0 spiro atoms. The lowest BCUT2D eigenvalue weighted by molar-refractivity contribution is -0.145. The summed E-state index contributed by atoms with van der Waals surface area (Å²) < 4.78 is 0. The molecule has 0 aromatic carbocycles. The molecule has 0 aliphatic rings. The molecule has 0 aliphatic heterocycles. The number of carbonyl (C=O) groups excluding carboxylic acids is 1. The Morgan fingerprint density at radius 1 is 1.29 bits per heavy atom. The van der Waals surface area contributed by atoms with E-state index >= 15 is 0 Å². The Morgan fingerprint density at radius 2 is 1.76 bits per heavy atom. The van der Waals surface area contributed by atoms with Crippen molar-refractivity contribution in [2.24, 2.45) is 23.0 Å². The molecule has 17 heavy (non-hydrogen) atoms. The van der Waals surface area contributed by atoms with Crippen LogP contribution in [0.4, 0.5) is 0 Å². The zero-order valence-electron chi connectivity index (χ0n) is 11.3. The molecule has 0 saturated carbocycles. The highest BCUT2D eigenvalue weighted by molar-refractivity contribution is 5.85. The van der Waals surface area contributed by atoms with Crippen LogP contribution < -0.4 is 11.1 Å². The number of hydrogen-bond donors (Lipinski definition) is 3.